The van der Waals surface area contributed by atoms with Crippen molar-refractivity contribution in [2.45, 2.75) is 26.3 Å². The number of rotatable bonds is 4. The number of nitrogens with zero attached hydrogens (tertiary/aromatic N) is 4. The number of carbonyl (C=O) groups is 1. The summed E-state index contributed by atoms with van der Waals surface area (Å²) in [6.07, 6.45) is 0.958. The molecular formula is C11H12Cl2N4O2. The highest BCUT2D eigenvalue weighted by Crippen LogP contribution is 2.23. The van der Waals surface area contributed by atoms with E-state index in [0.29, 0.717) is 30.6 Å². The van der Waals surface area contributed by atoms with Crippen molar-refractivity contribution >= 4 is 40.3 Å². The minimum atomic E-state index is -0.243. The number of halogens is 2. The molecule has 2 aromatic heterocycles. The molecule has 0 amide bonds. The second-order valence-corrected chi connectivity index (χ2v) is 4.64. The van der Waals surface area contributed by atoms with E-state index in [1.54, 1.807) is 0 Å². The fourth-order valence-corrected chi connectivity index (χ4v) is 2.31. The number of imidazole rings is 1. The van der Waals surface area contributed by atoms with Crippen molar-refractivity contribution < 1.29 is 9.53 Å². The molecule has 19 heavy (non-hydrogen) atoms. The molecule has 0 fully saturated rings. The number of fused-ring (bicyclic) bond motifs is 1. The van der Waals surface area contributed by atoms with Gasteiger partial charge in [-0.05, 0) is 24.9 Å². The lowest BCUT2D eigenvalue weighted by molar-refractivity contribution is -0.140. The third-order valence-corrected chi connectivity index (χ3v) is 3.15. The second kappa shape index (κ2) is 5.71. The molecule has 2 rings (SSSR count). The van der Waals surface area contributed by atoms with Gasteiger partial charge in [0.25, 0.3) is 0 Å². The fourth-order valence-electron chi connectivity index (χ4n) is 1.83. The van der Waals surface area contributed by atoms with Gasteiger partial charge in [0.1, 0.15) is 11.3 Å². The van der Waals surface area contributed by atoms with Crippen LogP contribution in [0.25, 0.3) is 11.2 Å². The van der Waals surface area contributed by atoms with Gasteiger partial charge in [-0.3, -0.25) is 4.79 Å². The number of aryl methyl sites for hydroxylation is 2. The molecule has 0 atom stereocenters. The van der Waals surface area contributed by atoms with Gasteiger partial charge in [0.15, 0.2) is 10.8 Å². The number of esters is 1. The maximum Gasteiger partial charge on any atom is 0.305 e. The van der Waals surface area contributed by atoms with Crippen LogP contribution in [0.5, 0.6) is 0 Å². The standard InChI is InChI=1S/C11H12Cl2N4O2/c1-6-14-10-8(9(12)15-11(13)16-10)17(6)5-3-4-7(18)19-2/h3-5H2,1-2H3. The molecule has 0 spiro atoms. The molecule has 0 saturated heterocycles. The third-order valence-electron chi connectivity index (χ3n) is 2.71. The van der Waals surface area contributed by atoms with Crippen molar-refractivity contribution in [3.8, 4) is 0 Å². The highest BCUT2D eigenvalue weighted by Gasteiger charge is 2.14. The summed E-state index contributed by atoms with van der Waals surface area (Å²) in [5.74, 6) is 0.505. The van der Waals surface area contributed by atoms with Gasteiger partial charge in [0, 0.05) is 13.0 Å². The summed E-state index contributed by atoms with van der Waals surface area (Å²) in [6.45, 7) is 2.42. The summed E-state index contributed by atoms with van der Waals surface area (Å²) >= 11 is 11.8. The summed E-state index contributed by atoms with van der Waals surface area (Å²) in [6, 6.07) is 0. The Morgan fingerprint density at radius 3 is 2.74 bits per heavy atom. The van der Waals surface area contributed by atoms with Crippen LogP contribution in [0.2, 0.25) is 10.4 Å². The van der Waals surface area contributed by atoms with Crippen LogP contribution in [0, 0.1) is 6.92 Å². The van der Waals surface area contributed by atoms with Gasteiger partial charge in [-0.2, -0.15) is 4.98 Å². The number of hydrogen-bond acceptors (Lipinski definition) is 5. The molecule has 0 aliphatic rings. The van der Waals surface area contributed by atoms with Gasteiger partial charge in [0.2, 0.25) is 5.28 Å². The molecule has 0 saturated carbocycles. The summed E-state index contributed by atoms with van der Waals surface area (Å²) in [5.41, 5.74) is 1.09. The number of methoxy groups -OCH3 is 1. The molecule has 8 heteroatoms. The Balaban J connectivity index is 2.27. The SMILES string of the molecule is COC(=O)CCCn1c(C)nc2nc(Cl)nc(Cl)c21. The fraction of sp³-hybridized carbons (Fsp3) is 0.455. The van der Waals surface area contributed by atoms with E-state index in [2.05, 4.69) is 19.7 Å². The number of aromatic nitrogens is 4. The Morgan fingerprint density at radius 1 is 1.32 bits per heavy atom. The van der Waals surface area contributed by atoms with E-state index in [0.717, 1.165) is 5.82 Å². The minimum Gasteiger partial charge on any atom is -0.469 e. The van der Waals surface area contributed by atoms with E-state index >= 15 is 0 Å². The Bertz CT molecular complexity index is 627. The highest BCUT2D eigenvalue weighted by atomic mass is 35.5. The third kappa shape index (κ3) is 2.96. The quantitative estimate of drug-likeness (QED) is 0.493. The Hall–Kier alpha value is -1.40. The van der Waals surface area contributed by atoms with Crippen LogP contribution in [-0.2, 0) is 16.1 Å². The van der Waals surface area contributed by atoms with Crippen LogP contribution >= 0.6 is 23.2 Å². The normalized spacial score (nSPS) is 10.9. The summed E-state index contributed by atoms with van der Waals surface area (Å²) in [7, 11) is 1.37. The molecular weight excluding hydrogens is 291 g/mol. The first-order chi connectivity index (χ1) is 9.02. The lowest BCUT2D eigenvalue weighted by Crippen LogP contribution is -2.06. The summed E-state index contributed by atoms with van der Waals surface area (Å²) < 4.78 is 6.47. The van der Waals surface area contributed by atoms with Crippen molar-refractivity contribution in [1.82, 2.24) is 19.5 Å². The van der Waals surface area contributed by atoms with Crippen molar-refractivity contribution in [3.05, 3.63) is 16.3 Å². The smallest absolute Gasteiger partial charge is 0.305 e. The average Bonchev–Trinajstić information content (AvgIpc) is 2.65. The molecule has 0 aliphatic carbocycles. The second-order valence-electron chi connectivity index (χ2n) is 3.95. The molecule has 0 aromatic carbocycles. The number of carbonyl (C=O) groups excluding carboxylic acids is 1. The van der Waals surface area contributed by atoms with E-state index in [9.17, 15) is 4.79 Å². The predicted octanol–water partition coefficient (Wildman–Crippen LogP) is 2.39. The molecule has 102 valence electrons. The molecule has 0 radical (unpaired) electrons. The minimum absolute atomic E-state index is 0.0664. The zero-order valence-corrected chi connectivity index (χ0v) is 12.0. The molecule has 0 N–H and O–H groups in total. The van der Waals surface area contributed by atoms with Crippen LogP contribution in [0.4, 0.5) is 0 Å². The van der Waals surface area contributed by atoms with Crippen LogP contribution < -0.4 is 0 Å². The summed E-state index contributed by atoms with van der Waals surface area (Å²) in [5, 5.41) is 0.324. The Kier molecular flexibility index (Phi) is 4.21. The molecule has 0 aliphatic heterocycles. The number of hydrogen-bond donors (Lipinski definition) is 0. The van der Waals surface area contributed by atoms with E-state index in [4.69, 9.17) is 23.2 Å². The average molecular weight is 303 g/mol. The maximum atomic E-state index is 11.1. The van der Waals surface area contributed by atoms with Gasteiger partial charge in [-0.1, -0.05) is 11.6 Å². The van der Waals surface area contributed by atoms with Crippen LogP contribution in [0.1, 0.15) is 18.7 Å². The largest absolute Gasteiger partial charge is 0.469 e. The Morgan fingerprint density at radius 2 is 2.05 bits per heavy atom. The highest BCUT2D eigenvalue weighted by molar-refractivity contribution is 6.35. The lowest BCUT2D eigenvalue weighted by atomic mass is 10.3. The molecule has 0 unspecified atom stereocenters. The van der Waals surface area contributed by atoms with Crippen LogP contribution in [0.3, 0.4) is 0 Å². The zero-order valence-electron chi connectivity index (χ0n) is 10.5. The van der Waals surface area contributed by atoms with Crippen molar-refractivity contribution in [3.63, 3.8) is 0 Å². The van der Waals surface area contributed by atoms with Gasteiger partial charge in [-0.15, -0.1) is 0 Å². The first-order valence-corrected chi connectivity index (χ1v) is 6.41. The van der Waals surface area contributed by atoms with Crippen LogP contribution in [0.15, 0.2) is 0 Å². The maximum absolute atomic E-state index is 11.1. The number of ether oxygens (including phenoxy) is 1. The van der Waals surface area contributed by atoms with Crippen LogP contribution in [-0.4, -0.2) is 32.6 Å². The predicted molar refractivity (Wildman–Crippen MR) is 71.3 cm³/mol. The first-order valence-electron chi connectivity index (χ1n) is 5.65. The topological polar surface area (TPSA) is 69.9 Å². The van der Waals surface area contributed by atoms with E-state index in [1.807, 2.05) is 11.5 Å². The van der Waals surface area contributed by atoms with E-state index in [-0.39, 0.29) is 16.4 Å². The van der Waals surface area contributed by atoms with Crippen molar-refractivity contribution in [1.29, 1.82) is 0 Å². The zero-order chi connectivity index (χ0) is 14.0. The van der Waals surface area contributed by atoms with Gasteiger partial charge in [0.05, 0.1) is 7.11 Å². The molecule has 2 heterocycles. The van der Waals surface area contributed by atoms with E-state index in [1.165, 1.54) is 7.11 Å². The van der Waals surface area contributed by atoms with E-state index < -0.39 is 0 Å². The monoisotopic (exact) mass is 302 g/mol. The van der Waals surface area contributed by atoms with Crippen molar-refractivity contribution in [2.24, 2.45) is 0 Å². The molecule has 2 aromatic rings. The molecule has 6 nitrogen and oxygen atoms in total. The first kappa shape index (κ1) is 14.0. The molecule has 0 bridgehead atoms. The van der Waals surface area contributed by atoms with Gasteiger partial charge < -0.3 is 9.30 Å². The lowest BCUT2D eigenvalue weighted by Gasteiger charge is -2.06. The van der Waals surface area contributed by atoms with Gasteiger partial charge >= 0.3 is 5.97 Å². The summed E-state index contributed by atoms with van der Waals surface area (Å²) in [4.78, 5) is 23.3. The van der Waals surface area contributed by atoms with Gasteiger partial charge in [-0.25, -0.2) is 9.97 Å². The Labute approximate surface area is 119 Å². The van der Waals surface area contributed by atoms with Crippen molar-refractivity contribution in [2.75, 3.05) is 7.11 Å².